The highest BCUT2D eigenvalue weighted by Crippen LogP contribution is 2.30. The van der Waals surface area contributed by atoms with Crippen LogP contribution in [0.4, 0.5) is 0 Å². The molecule has 0 saturated carbocycles. The normalized spacial score (nSPS) is 26.2. The summed E-state index contributed by atoms with van der Waals surface area (Å²) in [4.78, 5) is 5.88. The molecule has 2 rings (SSSR count). The van der Waals surface area contributed by atoms with Crippen molar-refractivity contribution < 1.29 is 4.74 Å². The summed E-state index contributed by atoms with van der Waals surface area (Å²) in [6, 6.07) is 0.128. The van der Waals surface area contributed by atoms with Gasteiger partial charge in [0.2, 0.25) is 0 Å². The molecule has 18 heavy (non-hydrogen) atoms. The predicted molar refractivity (Wildman–Crippen MR) is 74.6 cm³/mol. The highest BCUT2D eigenvalue weighted by Gasteiger charge is 2.36. The fourth-order valence-corrected chi connectivity index (χ4v) is 3.46. The Hall–Kier alpha value is -0.490. The third kappa shape index (κ3) is 2.91. The van der Waals surface area contributed by atoms with E-state index in [0.29, 0.717) is 0 Å². The summed E-state index contributed by atoms with van der Waals surface area (Å²) in [5, 5.41) is 1.14. The number of thiazole rings is 1. The molecule has 0 aliphatic carbocycles. The standard InChI is InChI=1S/C13H23N3OS/c1-9-10(2)18-12(15-9)8-11(16-14)13(3)6-4-5-7-17-13/h11,16H,4-8,14H2,1-3H3. The van der Waals surface area contributed by atoms with Crippen LogP contribution >= 0.6 is 11.3 Å². The van der Waals surface area contributed by atoms with Gasteiger partial charge in [0.15, 0.2) is 0 Å². The molecule has 3 N–H and O–H groups in total. The molecule has 0 radical (unpaired) electrons. The SMILES string of the molecule is Cc1nc(CC(NN)C2(C)CCCCO2)sc1C. The largest absolute Gasteiger partial charge is 0.374 e. The lowest BCUT2D eigenvalue weighted by Gasteiger charge is -2.40. The van der Waals surface area contributed by atoms with Crippen LogP contribution in [-0.4, -0.2) is 23.2 Å². The number of aromatic nitrogens is 1. The second kappa shape index (κ2) is 5.65. The van der Waals surface area contributed by atoms with Gasteiger partial charge in [0.1, 0.15) is 0 Å². The van der Waals surface area contributed by atoms with Crippen LogP contribution in [0.3, 0.4) is 0 Å². The number of nitrogens with zero attached hydrogens (tertiary/aromatic N) is 1. The maximum absolute atomic E-state index is 5.96. The fourth-order valence-electron chi connectivity index (χ4n) is 2.48. The van der Waals surface area contributed by atoms with Gasteiger partial charge in [-0.2, -0.15) is 0 Å². The fraction of sp³-hybridized carbons (Fsp3) is 0.769. The summed E-state index contributed by atoms with van der Waals surface area (Å²) in [5.41, 5.74) is 3.89. The number of hydrogen-bond acceptors (Lipinski definition) is 5. The second-order valence-corrected chi connectivity index (χ2v) is 6.58. The number of hydrogen-bond donors (Lipinski definition) is 2. The molecule has 0 spiro atoms. The molecule has 1 saturated heterocycles. The number of nitrogens with two attached hydrogens (primary N) is 1. The topological polar surface area (TPSA) is 60.2 Å². The lowest BCUT2D eigenvalue weighted by atomic mass is 9.87. The molecule has 1 aromatic heterocycles. The third-order valence-corrected chi connectivity index (χ3v) is 4.98. The van der Waals surface area contributed by atoms with Crippen LogP contribution in [0.15, 0.2) is 0 Å². The minimum absolute atomic E-state index is 0.128. The molecule has 2 unspecified atom stereocenters. The van der Waals surface area contributed by atoms with E-state index in [1.54, 1.807) is 11.3 Å². The number of hydrazine groups is 1. The molecule has 2 heterocycles. The lowest BCUT2D eigenvalue weighted by molar-refractivity contribution is -0.0884. The van der Waals surface area contributed by atoms with E-state index in [-0.39, 0.29) is 11.6 Å². The van der Waals surface area contributed by atoms with Crippen LogP contribution in [0.2, 0.25) is 0 Å². The van der Waals surface area contributed by atoms with E-state index in [9.17, 15) is 0 Å². The minimum atomic E-state index is -0.166. The molecule has 1 aliphatic heterocycles. The molecule has 0 bridgehead atoms. The molecule has 0 amide bonds. The zero-order valence-electron chi connectivity index (χ0n) is 11.5. The quantitative estimate of drug-likeness (QED) is 0.649. The number of nitrogens with one attached hydrogen (secondary N) is 1. The minimum Gasteiger partial charge on any atom is -0.374 e. The van der Waals surface area contributed by atoms with Crippen LogP contribution in [0.1, 0.15) is 41.8 Å². The van der Waals surface area contributed by atoms with Crippen molar-refractivity contribution in [1.82, 2.24) is 10.4 Å². The van der Waals surface area contributed by atoms with Gasteiger partial charge in [-0.3, -0.25) is 11.3 Å². The van der Waals surface area contributed by atoms with Crippen molar-refractivity contribution in [2.45, 2.75) is 58.1 Å². The predicted octanol–water partition coefficient (Wildman–Crippen LogP) is 2.09. The molecule has 4 nitrogen and oxygen atoms in total. The molecular weight excluding hydrogens is 246 g/mol. The first-order chi connectivity index (χ1) is 8.55. The zero-order chi connectivity index (χ0) is 13.2. The van der Waals surface area contributed by atoms with Crippen molar-refractivity contribution in [3.63, 3.8) is 0 Å². The highest BCUT2D eigenvalue weighted by atomic mass is 32.1. The Kier molecular flexibility index (Phi) is 4.37. The molecule has 2 atom stereocenters. The Morgan fingerprint density at radius 1 is 1.50 bits per heavy atom. The van der Waals surface area contributed by atoms with E-state index in [0.717, 1.165) is 36.6 Å². The number of aryl methyl sites for hydroxylation is 2. The van der Waals surface area contributed by atoms with Crippen molar-refractivity contribution >= 4 is 11.3 Å². The maximum atomic E-state index is 5.96. The van der Waals surface area contributed by atoms with E-state index in [2.05, 4.69) is 31.2 Å². The molecular formula is C13H23N3OS. The summed E-state index contributed by atoms with van der Waals surface area (Å²) in [6.45, 7) is 7.16. The van der Waals surface area contributed by atoms with Gasteiger partial charge in [-0.15, -0.1) is 11.3 Å². The van der Waals surface area contributed by atoms with Crippen molar-refractivity contribution in [3.8, 4) is 0 Å². The van der Waals surface area contributed by atoms with E-state index in [4.69, 9.17) is 10.6 Å². The Morgan fingerprint density at radius 2 is 2.28 bits per heavy atom. The monoisotopic (exact) mass is 269 g/mol. The molecule has 1 fully saturated rings. The molecule has 0 aromatic carbocycles. The van der Waals surface area contributed by atoms with Crippen LogP contribution < -0.4 is 11.3 Å². The van der Waals surface area contributed by atoms with E-state index in [1.165, 1.54) is 11.3 Å². The Balaban J connectivity index is 2.08. The summed E-state index contributed by atoms with van der Waals surface area (Å²) in [7, 11) is 0. The smallest absolute Gasteiger partial charge is 0.0948 e. The summed E-state index contributed by atoms with van der Waals surface area (Å²) in [6.07, 6.45) is 4.27. The van der Waals surface area contributed by atoms with Crippen molar-refractivity contribution in [1.29, 1.82) is 0 Å². The first-order valence-corrected chi connectivity index (χ1v) is 7.40. The van der Waals surface area contributed by atoms with Crippen LogP contribution in [0.25, 0.3) is 0 Å². The second-order valence-electron chi connectivity index (χ2n) is 5.29. The average Bonchev–Trinajstić information content (AvgIpc) is 2.66. The molecule has 1 aliphatic rings. The van der Waals surface area contributed by atoms with Gasteiger partial charge in [0, 0.05) is 17.9 Å². The molecule has 1 aromatic rings. The van der Waals surface area contributed by atoms with Gasteiger partial charge >= 0.3 is 0 Å². The number of rotatable bonds is 4. The maximum Gasteiger partial charge on any atom is 0.0948 e. The van der Waals surface area contributed by atoms with Crippen LogP contribution in [0.5, 0.6) is 0 Å². The van der Waals surface area contributed by atoms with E-state index >= 15 is 0 Å². The number of ether oxygens (including phenoxy) is 1. The molecule has 102 valence electrons. The van der Waals surface area contributed by atoms with E-state index in [1.807, 2.05) is 0 Å². The van der Waals surface area contributed by atoms with Crippen molar-refractivity contribution in [3.05, 3.63) is 15.6 Å². The lowest BCUT2D eigenvalue weighted by Crippen LogP contribution is -2.55. The highest BCUT2D eigenvalue weighted by molar-refractivity contribution is 7.11. The first kappa shape index (κ1) is 13.9. The molecule has 5 heteroatoms. The van der Waals surface area contributed by atoms with Gasteiger partial charge in [-0.05, 0) is 40.0 Å². The zero-order valence-corrected chi connectivity index (χ0v) is 12.3. The van der Waals surface area contributed by atoms with Crippen molar-refractivity contribution in [2.24, 2.45) is 5.84 Å². The van der Waals surface area contributed by atoms with E-state index < -0.39 is 0 Å². The van der Waals surface area contributed by atoms with Gasteiger partial charge in [-0.1, -0.05) is 0 Å². The van der Waals surface area contributed by atoms with Gasteiger partial charge < -0.3 is 4.74 Å². The average molecular weight is 269 g/mol. The van der Waals surface area contributed by atoms with Crippen LogP contribution in [0, 0.1) is 13.8 Å². The summed E-state index contributed by atoms with van der Waals surface area (Å²) >= 11 is 1.76. The van der Waals surface area contributed by atoms with Gasteiger partial charge in [0.25, 0.3) is 0 Å². The van der Waals surface area contributed by atoms with Gasteiger partial charge in [-0.25, -0.2) is 4.98 Å². The van der Waals surface area contributed by atoms with Crippen LogP contribution in [-0.2, 0) is 11.2 Å². The van der Waals surface area contributed by atoms with Gasteiger partial charge in [0.05, 0.1) is 22.3 Å². The third-order valence-electron chi connectivity index (χ3n) is 3.89. The Morgan fingerprint density at radius 3 is 2.78 bits per heavy atom. The van der Waals surface area contributed by atoms with Crippen molar-refractivity contribution in [2.75, 3.05) is 6.61 Å². The first-order valence-electron chi connectivity index (χ1n) is 6.58. The summed E-state index contributed by atoms with van der Waals surface area (Å²) in [5.74, 6) is 5.73. The Labute approximate surface area is 113 Å². The summed E-state index contributed by atoms with van der Waals surface area (Å²) < 4.78 is 5.96. The Bertz CT molecular complexity index is 379.